The zero-order valence-corrected chi connectivity index (χ0v) is 11.9. The molecule has 2 aliphatic rings. The molecule has 0 spiro atoms. The Hall–Kier alpha value is -1.14. The van der Waals surface area contributed by atoms with Crippen LogP contribution in [0, 0.1) is 0 Å². The van der Waals surface area contributed by atoms with Crippen molar-refractivity contribution in [2.45, 2.75) is 25.8 Å². The Morgan fingerprint density at radius 1 is 1.26 bits per heavy atom. The number of piperazine rings is 1. The molecule has 2 saturated heterocycles. The zero-order chi connectivity index (χ0) is 13.2. The van der Waals surface area contributed by atoms with Crippen molar-refractivity contribution in [1.29, 1.82) is 0 Å². The van der Waals surface area contributed by atoms with E-state index in [9.17, 15) is 0 Å². The fourth-order valence-electron chi connectivity index (χ4n) is 2.89. The summed E-state index contributed by atoms with van der Waals surface area (Å²) in [5, 5.41) is 3.35. The SMILES string of the molecule is CCNc1nc(Cl)nc(N2CCN3CCCC3C2)n1. The molecule has 1 unspecified atom stereocenters. The number of hydrogen-bond acceptors (Lipinski definition) is 6. The molecule has 2 fully saturated rings. The van der Waals surface area contributed by atoms with Crippen LogP contribution in [0.3, 0.4) is 0 Å². The highest BCUT2D eigenvalue weighted by Crippen LogP contribution is 2.24. The number of rotatable bonds is 3. The molecule has 1 N–H and O–H groups in total. The Labute approximate surface area is 118 Å². The van der Waals surface area contributed by atoms with Gasteiger partial charge in [0.15, 0.2) is 0 Å². The lowest BCUT2D eigenvalue weighted by molar-refractivity contribution is 0.229. The maximum absolute atomic E-state index is 5.98. The van der Waals surface area contributed by atoms with E-state index in [4.69, 9.17) is 11.6 Å². The molecule has 0 amide bonds. The second-order valence-electron chi connectivity index (χ2n) is 5.04. The van der Waals surface area contributed by atoms with E-state index in [1.54, 1.807) is 0 Å². The van der Waals surface area contributed by atoms with E-state index in [0.717, 1.165) is 26.2 Å². The molecule has 0 aliphatic carbocycles. The summed E-state index contributed by atoms with van der Waals surface area (Å²) >= 11 is 5.98. The zero-order valence-electron chi connectivity index (χ0n) is 11.1. The molecule has 2 aliphatic heterocycles. The van der Waals surface area contributed by atoms with Crippen molar-refractivity contribution in [3.63, 3.8) is 0 Å². The smallest absolute Gasteiger partial charge is 0.231 e. The molecule has 0 radical (unpaired) electrons. The van der Waals surface area contributed by atoms with Gasteiger partial charge in [-0.25, -0.2) is 0 Å². The normalized spacial score (nSPS) is 23.5. The molecule has 3 rings (SSSR count). The van der Waals surface area contributed by atoms with Gasteiger partial charge in [-0.1, -0.05) is 0 Å². The van der Waals surface area contributed by atoms with E-state index in [-0.39, 0.29) is 5.28 Å². The third-order valence-electron chi connectivity index (χ3n) is 3.80. The average Bonchev–Trinajstić information content (AvgIpc) is 2.85. The summed E-state index contributed by atoms with van der Waals surface area (Å²) in [6.07, 6.45) is 2.58. The Morgan fingerprint density at radius 3 is 3.00 bits per heavy atom. The highest BCUT2D eigenvalue weighted by molar-refractivity contribution is 6.28. The first-order chi connectivity index (χ1) is 9.26. The molecule has 6 nitrogen and oxygen atoms in total. The quantitative estimate of drug-likeness (QED) is 0.900. The number of hydrogen-bond donors (Lipinski definition) is 1. The first-order valence-corrected chi connectivity index (χ1v) is 7.28. The van der Waals surface area contributed by atoms with Crippen LogP contribution in [0.1, 0.15) is 19.8 Å². The standard InChI is InChI=1S/C12H19ClN6/c1-2-14-11-15-10(13)16-12(17-11)19-7-6-18-5-3-4-9(18)8-19/h9H,2-8H2,1H3,(H,14,15,16,17). The summed E-state index contributed by atoms with van der Waals surface area (Å²) in [6, 6.07) is 0.645. The number of nitrogens with zero attached hydrogens (tertiary/aromatic N) is 5. The number of aromatic nitrogens is 3. The van der Waals surface area contributed by atoms with Gasteiger partial charge in [0.25, 0.3) is 0 Å². The van der Waals surface area contributed by atoms with Crippen molar-refractivity contribution in [3.05, 3.63) is 5.28 Å². The van der Waals surface area contributed by atoms with Crippen LogP contribution in [0.15, 0.2) is 0 Å². The average molecular weight is 283 g/mol. The van der Waals surface area contributed by atoms with Gasteiger partial charge in [0.2, 0.25) is 17.2 Å². The van der Waals surface area contributed by atoms with E-state index in [1.165, 1.54) is 19.4 Å². The van der Waals surface area contributed by atoms with Crippen LogP contribution >= 0.6 is 11.6 Å². The molecule has 1 aromatic heterocycles. The van der Waals surface area contributed by atoms with Gasteiger partial charge in [0, 0.05) is 32.2 Å². The van der Waals surface area contributed by atoms with Gasteiger partial charge in [0.1, 0.15) is 0 Å². The van der Waals surface area contributed by atoms with Crippen molar-refractivity contribution in [2.24, 2.45) is 0 Å². The predicted molar refractivity (Wildman–Crippen MR) is 75.8 cm³/mol. The van der Waals surface area contributed by atoms with Crippen molar-refractivity contribution in [1.82, 2.24) is 19.9 Å². The van der Waals surface area contributed by atoms with Crippen molar-refractivity contribution in [3.8, 4) is 0 Å². The van der Waals surface area contributed by atoms with Gasteiger partial charge in [-0.2, -0.15) is 15.0 Å². The molecule has 1 aromatic rings. The number of anilines is 2. The molecule has 0 aromatic carbocycles. The fraction of sp³-hybridized carbons (Fsp3) is 0.750. The molecule has 1 atom stereocenters. The minimum atomic E-state index is 0.259. The molecule has 3 heterocycles. The second-order valence-corrected chi connectivity index (χ2v) is 5.37. The van der Waals surface area contributed by atoms with E-state index < -0.39 is 0 Å². The summed E-state index contributed by atoms with van der Waals surface area (Å²) in [7, 11) is 0. The Kier molecular flexibility index (Phi) is 3.70. The molecule has 19 heavy (non-hydrogen) atoms. The lowest BCUT2D eigenvalue weighted by Crippen LogP contribution is -2.50. The summed E-state index contributed by atoms with van der Waals surface area (Å²) in [4.78, 5) is 17.6. The summed E-state index contributed by atoms with van der Waals surface area (Å²) in [6.45, 7) is 7.06. The van der Waals surface area contributed by atoms with Crippen molar-refractivity contribution < 1.29 is 0 Å². The molecule has 0 saturated carbocycles. The summed E-state index contributed by atoms with van der Waals surface area (Å²) in [5.74, 6) is 1.26. The number of nitrogens with one attached hydrogen (secondary N) is 1. The fourth-order valence-corrected chi connectivity index (χ4v) is 3.05. The Morgan fingerprint density at radius 2 is 2.16 bits per heavy atom. The third-order valence-corrected chi connectivity index (χ3v) is 3.97. The minimum absolute atomic E-state index is 0.259. The van der Waals surface area contributed by atoms with Crippen LogP contribution in [0.25, 0.3) is 0 Å². The van der Waals surface area contributed by atoms with Gasteiger partial charge < -0.3 is 10.2 Å². The number of fused-ring (bicyclic) bond motifs is 1. The second kappa shape index (κ2) is 5.46. The van der Waals surface area contributed by atoms with Crippen molar-refractivity contribution >= 4 is 23.5 Å². The van der Waals surface area contributed by atoms with Crippen LogP contribution in [0.2, 0.25) is 5.28 Å². The third kappa shape index (κ3) is 2.74. The van der Waals surface area contributed by atoms with Gasteiger partial charge in [-0.3, -0.25) is 4.90 Å². The Bertz CT molecular complexity index is 454. The number of halogens is 1. The van der Waals surface area contributed by atoms with Crippen LogP contribution in [0.4, 0.5) is 11.9 Å². The first-order valence-electron chi connectivity index (χ1n) is 6.90. The van der Waals surface area contributed by atoms with Crippen LogP contribution in [-0.4, -0.2) is 58.6 Å². The Balaban J connectivity index is 1.77. The molecule has 104 valence electrons. The maximum Gasteiger partial charge on any atom is 0.231 e. The van der Waals surface area contributed by atoms with Crippen LogP contribution in [0.5, 0.6) is 0 Å². The highest BCUT2D eigenvalue weighted by atomic mass is 35.5. The molecule has 7 heteroatoms. The van der Waals surface area contributed by atoms with Gasteiger partial charge in [0.05, 0.1) is 0 Å². The highest BCUT2D eigenvalue weighted by Gasteiger charge is 2.31. The monoisotopic (exact) mass is 282 g/mol. The lowest BCUT2D eigenvalue weighted by atomic mass is 10.2. The van der Waals surface area contributed by atoms with E-state index in [1.807, 2.05) is 6.92 Å². The first kappa shape index (κ1) is 12.9. The van der Waals surface area contributed by atoms with E-state index >= 15 is 0 Å². The van der Waals surface area contributed by atoms with Crippen LogP contribution < -0.4 is 10.2 Å². The van der Waals surface area contributed by atoms with Gasteiger partial charge in [-0.05, 0) is 37.9 Å². The predicted octanol–water partition coefficient (Wildman–Crippen LogP) is 1.24. The largest absolute Gasteiger partial charge is 0.354 e. The minimum Gasteiger partial charge on any atom is -0.354 e. The van der Waals surface area contributed by atoms with E-state index in [0.29, 0.717) is 17.9 Å². The van der Waals surface area contributed by atoms with E-state index in [2.05, 4.69) is 30.1 Å². The molecular formula is C12H19ClN6. The topological polar surface area (TPSA) is 57.2 Å². The molecular weight excluding hydrogens is 264 g/mol. The summed E-state index contributed by atoms with van der Waals surface area (Å²) < 4.78 is 0. The molecule has 0 bridgehead atoms. The maximum atomic E-state index is 5.98. The van der Waals surface area contributed by atoms with Gasteiger partial charge in [-0.15, -0.1) is 0 Å². The lowest BCUT2D eigenvalue weighted by Gasteiger charge is -2.37. The van der Waals surface area contributed by atoms with Crippen molar-refractivity contribution in [2.75, 3.05) is 42.9 Å². The van der Waals surface area contributed by atoms with Crippen LogP contribution in [-0.2, 0) is 0 Å². The summed E-state index contributed by atoms with van der Waals surface area (Å²) in [5.41, 5.74) is 0. The van der Waals surface area contributed by atoms with Gasteiger partial charge >= 0.3 is 0 Å².